The fourth-order valence-electron chi connectivity index (χ4n) is 3.39. The summed E-state index contributed by atoms with van der Waals surface area (Å²) >= 11 is 0. The maximum absolute atomic E-state index is 13.4. The lowest BCUT2D eigenvalue weighted by molar-refractivity contribution is 0.0729. The number of carbonyl (C=O) groups excluding carboxylic acids is 1. The number of aromatic nitrogens is 1. The third-order valence-corrected chi connectivity index (χ3v) is 5.16. The van der Waals surface area contributed by atoms with Crippen LogP contribution in [0, 0.1) is 13.8 Å². The predicted octanol–water partition coefficient (Wildman–Crippen LogP) is 4.67. The van der Waals surface area contributed by atoms with Crippen LogP contribution in [0.25, 0.3) is 10.9 Å². The molecule has 1 aliphatic rings. The molecule has 0 radical (unpaired) electrons. The van der Waals surface area contributed by atoms with Gasteiger partial charge in [0.2, 0.25) is 0 Å². The first-order valence-corrected chi connectivity index (χ1v) is 9.37. The fraction of sp³-hybridized carbons (Fsp3) is 0.304. The van der Waals surface area contributed by atoms with Crippen LogP contribution in [0.5, 0.6) is 5.75 Å². The Balaban J connectivity index is 1.68. The Bertz CT molecular complexity index is 991. The number of carbonyl (C=O) groups is 1. The van der Waals surface area contributed by atoms with Crippen molar-refractivity contribution in [1.82, 2.24) is 9.88 Å². The van der Waals surface area contributed by atoms with Crippen molar-refractivity contribution in [2.24, 2.45) is 0 Å². The molecule has 4 nitrogen and oxygen atoms in total. The average molecular weight is 360 g/mol. The number of methoxy groups -OCH3 is 1. The summed E-state index contributed by atoms with van der Waals surface area (Å²) in [4.78, 5) is 20.0. The summed E-state index contributed by atoms with van der Waals surface area (Å²) in [5.41, 5.74) is 4.71. The number of hydrogen-bond donors (Lipinski definition) is 0. The molecular formula is C23H24N2O2. The largest absolute Gasteiger partial charge is 0.497 e. The summed E-state index contributed by atoms with van der Waals surface area (Å²) in [5.74, 6) is 0.832. The molecule has 1 aromatic heterocycles. The van der Waals surface area contributed by atoms with Crippen LogP contribution in [0.3, 0.4) is 0 Å². The highest BCUT2D eigenvalue weighted by Gasteiger charge is 2.33. The molecule has 138 valence electrons. The minimum absolute atomic E-state index is 0.0628. The van der Waals surface area contributed by atoms with Crippen molar-refractivity contribution in [3.63, 3.8) is 0 Å². The monoisotopic (exact) mass is 360 g/mol. The van der Waals surface area contributed by atoms with Crippen molar-refractivity contribution in [2.45, 2.75) is 39.3 Å². The molecule has 3 aromatic rings. The number of ether oxygens (including phenoxy) is 1. The highest BCUT2D eigenvalue weighted by Crippen LogP contribution is 2.31. The molecule has 4 rings (SSSR count). The van der Waals surface area contributed by atoms with Gasteiger partial charge in [-0.15, -0.1) is 0 Å². The van der Waals surface area contributed by atoms with Gasteiger partial charge in [-0.1, -0.05) is 29.8 Å². The number of hydrogen-bond acceptors (Lipinski definition) is 3. The minimum atomic E-state index is 0.0628. The van der Waals surface area contributed by atoms with Gasteiger partial charge in [0.05, 0.1) is 23.9 Å². The molecule has 0 spiro atoms. The van der Waals surface area contributed by atoms with Crippen LogP contribution in [-0.2, 0) is 6.54 Å². The number of benzene rings is 2. The molecule has 4 heteroatoms. The summed E-state index contributed by atoms with van der Waals surface area (Å²) in [7, 11) is 1.64. The third-order valence-electron chi connectivity index (χ3n) is 5.16. The summed E-state index contributed by atoms with van der Waals surface area (Å²) < 4.78 is 5.31. The SMILES string of the molecule is COc1ccc2nc(C)c(C(=O)N(Cc3ccc(C)cc3)C3CC3)cc2c1. The zero-order chi connectivity index (χ0) is 19.0. The van der Waals surface area contributed by atoms with E-state index in [1.807, 2.05) is 36.1 Å². The van der Waals surface area contributed by atoms with Gasteiger partial charge < -0.3 is 9.64 Å². The maximum atomic E-state index is 13.4. The summed E-state index contributed by atoms with van der Waals surface area (Å²) in [6.45, 7) is 4.62. The van der Waals surface area contributed by atoms with Gasteiger partial charge in [-0.25, -0.2) is 0 Å². The van der Waals surface area contributed by atoms with E-state index >= 15 is 0 Å². The number of fused-ring (bicyclic) bond motifs is 1. The van der Waals surface area contributed by atoms with Gasteiger partial charge in [0.15, 0.2) is 0 Å². The van der Waals surface area contributed by atoms with E-state index in [-0.39, 0.29) is 5.91 Å². The molecular weight excluding hydrogens is 336 g/mol. The lowest BCUT2D eigenvalue weighted by Crippen LogP contribution is -2.33. The van der Waals surface area contributed by atoms with Crippen LogP contribution in [0.15, 0.2) is 48.5 Å². The Morgan fingerprint density at radius 1 is 1.11 bits per heavy atom. The van der Waals surface area contributed by atoms with Crippen molar-refractivity contribution in [2.75, 3.05) is 7.11 Å². The second-order valence-electron chi connectivity index (χ2n) is 7.33. The number of rotatable bonds is 5. The zero-order valence-corrected chi connectivity index (χ0v) is 16.0. The smallest absolute Gasteiger partial charge is 0.256 e. The first-order chi connectivity index (χ1) is 13.0. The molecule has 0 bridgehead atoms. The Morgan fingerprint density at radius 3 is 2.52 bits per heavy atom. The fourth-order valence-corrected chi connectivity index (χ4v) is 3.39. The van der Waals surface area contributed by atoms with E-state index in [2.05, 4.69) is 36.2 Å². The van der Waals surface area contributed by atoms with Gasteiger partial charge in [-0.05, 0) is 56.5 Å². The van der Waals surface area contributed by atoms with Crippen molar-refractivity contribution >= 4 is 16.8 Å². The van der Waals surface area contributed by atoms with E-state index in [1.54, 1.807) is 7.11 Å². The van der Waals surface area contributed by atoms with E-state index < -0.39 is 0 Å². The molecule has 27 heavy (non-hydrogen) atoms. The van der Waals surface area contributed by atoms with Gasteiger partial charge in [-0.3, -0.25) is 9.78 Å². The topological polar surface area (TPSA) is 42.4 Å². The van der Waals surface area contributed by atoms with Crippen molar-refractivity contribution in [1.29, 1.82) is 0 Å². The Morgan fingerprint density at radius 2 is 1.85 bits per heavy atom. The van der Waals surface area contributed by atoms with Gasteiger partial charge in [0.1, 0.15) is 5.75 Å². The van der Waals surface area contributed by atoms with Gasteiger partial charge >= 0.3 is 0 Å². The molecule has 0 aliphatic heterocycles. The maximum Gasteiger partial charge on any atom is 0.256 e. The summed E-state index contributed by atoms with van der Waals surface area (Å²) in [5, 5.41) is 0.925. The Kier molecular flexibility index (Phi) is 4.56. The zero-order valence-electron chi connectivity index (χ0n) is 16.0. The molecule has 0 saturated heterocycles. The first kappa shape index (κ1) is 17.5. The second kappa shape index (κ2) is 7.03. The van der Waals surface area contributed by atoms with Gasteiger partial charge in [-0.2, -0.15) is 0 Å². The standard InChI is InChI=1S/C23H24N2O2/c1-15-4-6-17(7-5-15)14-25(19-8-9-19)23(26)21-13-18-12-20(27-3)10-11-22(18)24-16(21)2/h4-7,10-13,19H,8-9,14H2,1-3H3. The van der Waals surface area contributed by atoms with E-state index in [1.165, 1.54) is 5.56 Å². The molecule has 1 fully saturated rings. The highest BCUT2D eigenvalue weighted by molar-refractivity contribution is 5.99. The quantitative estimate of drug-likeness (QED) is 0.664. The normalized spacial score (nSPS) is 13.6. The molecule has 1 saturated carbocycles. The summed E-state index contributed by atoms with van der Waals surface area (Å²) in [6, 6.07) is 16.4. The number of amides is 1. The lowest BCUT2D eigenvalue weighted by atomic mass is 10.1. The third kappa shape index (κ3) is 3.65. The minimum Gasteiger partial charge on any atom is -0.497 e. The van der Waals surface area contributed by atoms with E-state index in [0.29, 0.717) is 18.2 Å². The van der Waals surface area contributed by atoms with Gasteiger partial charge in [0.25, 0.3) is 5.91 Å². The second-order valence-corrected chi connectivity index (χ2v) is 7.33. The molecule has 0 atom stereocenters. The van der Waals surface area contributed by atoms with Crippen LogP contribution in [-0.4, -0.2) is 28.9 Å². The lowest BCUT2D eigenvalue weighted by Gasteiger charge is -2.23. The van der Waals surface area contributed by atoms with E-state index in [4.69, 9.17) is 4.74 Å². The molecule has 0 unspecified atom stereocenters. The molecule has 1 heterocycles. The van der Waals surface area contributed by atoms with Crippen LogP contribution in [0.2, 0.25) is 0 Å². The van der Waals surface area contributed by atoms with E-state index in [0.717, 1.165) is 40.8 Å². The van der Waals surface area contributed by atoms with Crippen LogP contribution < -0.4 is 4.74 Å². The first-order valence-electron chi connectivity index (χ1n) is 9.37. The number of nitrogens with zero attached hydrogens (tertiary/aromatic N) is 2. The molecule has 0 N–H and O–H groups in total. The van der Waals surface area contributed by atoms with Gasteiger partial charge in [0, 0.05) is 18.0 Å². The van der Waals surface area contributed by atoms with Crippen LogP contribution >= 0.6 is 0 Å². The Labute approximate surface area is 159 Å². The molecule has 1 aliphatic carbocycles. The van der Waals surface area contributed by atoms with Crippen LogP contribution in [0.4, 0.5) is 0 Å². The predicted molar refractivity (Wildman–Crippen MR) is 107 cm³/mol. The van der Waals surface area contributed by atoms with Crippen molar-refractivity contribution < 1.29 is 9.53 Å². The Hall–Kier alpha value is -2.88. The number of aryl methyl sites for hydroxylation is 2. The number of pyridine rings is 1. The molecule has 2 aromatic carbocycles. The van der Waals surface area contributed by atoms with Crippen molar-refractivity contribution in [3.8, 4) is 5.75 Å². The summed E-state index contributed by atoms with van der Waals surface area (Å²) in [6.07, 6.45) is 2.15. The average Bonchev–Trinajstić information content (AvgIpc) is 3.51. The van der Waals surface area contributed by atoms with Crippen molar-refractivity contribution in [3.05, 3.63) is 70.9 Å². The van der Waals surface area contributed by atoms with Crippen LogP contribution in [0.1, 0.15) is 40.0 Å². The molecule has 1 amide bonds. The van der Waals surface area contributed by atoms with E-state index in [9.17, 15) is 4.79 Å². The highest BCUT2D eigenvalue weighted by atomic mass is 16.5.